The number of para-hydroxylation sites is 2. The van der Waals surface area contributed by atoms with Gasteiger partial charge in [-0.1, -0.05) is 63.2 Å². The van der Waals surface area contributed by atoms with Crippen LogP contribution < -0.4 is 0 Å². The Bertz CT molecular complexity index is 999. The average molecular weight is 371 g/mol. The third kappa shape index (κ3) is 3.83. The van der Waals surface area contributed by atoms with Gasteiger partial charge in [-0.2, -0.15) is 0 Å². The van der Waals surface area contributed by atoms with E-state index in [-0.39, 0.29) is 10.6 Å². The summed E-state index contributed by atoms with van der Waals surface area (Å²) in [4.78, 5) is 4.51. The summed E-state index contributed by atoms with van der Waals surface area (Å²) in [6.45, 7) is 8.45. The minimum absolute atomic E-state index is 0.0667. The highest BCUT2D eigenvalue weighted by Gasteiger charge is 2.32. The first-order valence-corrected chi connectivity index (χ1v) is 10.5. The van der Waals surface area contributed by atoms with Crippen LogP contribution in [0, 0.1) is 5.41 Å². The number of hydrogen-bond acceptors (Lipinski definition) is 3. The van der Waals surface area contributed by atoms with Gasteiger partial charge in [-0.3, -0.25) is 0 Å². The topological polar surface area (TPSA) is 52.0 Å². The summed E-state index contributed by atoms with van der Waals surface area (Å²) in [5.41, 5.74) is 2.54. The van der Waals surface area contributed by atoms with Crippen molar-refractivity contribution in [3.05, 3.63) is 60.2 Å². The Morgan fingerprint density at radius 1 is 1.00 bits per heavy atom. The SMILES string of the molecule is C[C@@H](CC(C)(C)C)S(=O)(=O)c1nc2ccccc2n1Cc1ccccc1. The predicted octanol–water partition coefficient (Wildman–Crippen LogP) is 4.68. The molecule has 0 aliphatic rings. The Labute approximate surface area is 155 Å². The highest BCUT2D eigenvalue weighted by molar-refractivity contribution is 7.91. The fraction of sp³-hybridized carbons (Fsp3) is 0.381. The van der Waals surface area contributed by atoms with E-state index in [1.54, 1.807) is 6.92 Å². The van der Waals surface area contributed by atoms with Gasteiger partial charge in [0.1, 0.15) is 0 Å². The van der Waals surface area contributed by atoms with E-state index >= 15 is 0 Å². The molecule has 2 aromatic carbocycles. The third-order valence-corrected chi connectivity index (χ3v) is 6.53. The standard InChI is InChI=1S/C21H26N2O2S/c1-16(14-21(2,3)4)26(24,25)20-22-18-12-8-9-13-19(18)23(20)15-17-10-6-5-7-11-17/h5-13,16H,14-15H2,1-4H3/t16-/m0/s1. The molecule has 5 heteroatoms. The molecule has 0 unspecified atom stereocenters. The fourth-order valence-corrected chi connectivity index (χ4v) is 5.12. The van der Waals surface area contributed by atoms with Crippen LogP contribution in [0.5, 0.6) is 0 Å². The van der Waals surface area contributed by atoms with Gasteiger partial charge >= 0.3 is 0 Å². The summed E-state index contributed by atoms with van der Waals surface area (Å²) in [6, 6.07) is 17.5. The van der Waals surface area contributed by atoms with Crippen LogP contribution in [0.2, 0.25) is 0 Å². The number of nitrogens with zero attached hydrogens (tertiary/aromatic N) is 2. The summed E-state index contributed by atoms with van der Waals surface area (Å²) < 4.78 is 28.4. The van der Waals surface area contributed by atoms with E-state index in [4.69, 9.17) is 0 Å². The van der Waals surface area contributed by atoms with Gasteiger partial charge < -0.3 is 4.57 Å². The molecule has 26 heavy (non-hydrogen) atoms. The second-order valence-corrected chi connectivity index (χ2v) is 10.3. The minimum Gasteiger partial charge on any atom is -0.310 e. The van der Waals surface area contributed by atoms with Crippen molar-refractivity contribution < 1.29 is 8.42 Å². The molecule has 0 aliphatic heterocycles. The fourth-order valence-electron chi connectivity index (χ4n) is 3.34. The molecule has 0 spiro atoms. The molecule has 0 radical (unpaired) electrons. The molecule has 0 saturated carbocycles. The highest BCUT2D eigenvalue weighted by atomic mass is 32.2. The van der Waals surface area contributed by atoms with Crippen molar-refractivity contribution in [2.45, 2.75) is 51.1 Å². The Morgan fingerprint density at radius 3 is 2.27 bits per heavy atom. The normalized spacial score (nSPS) is 13.8. The van der Waals surface area contributed by atoms with Crippen molar-refractivity contribution in [2.75, 3.05) is 0 Å². The van der Waals surface area contributed by atoms with Crippen LogP contribution in [-0.2, 0) is 16.4 Å². The minimum atomic E-state index is -3.53. The van der Waals surface area contributed by atoms with Crippen LogP contribution in [0.25, 0.3) is 11.0 Å². The number of hydrogen-bond donors (Lipinski definition) is 0. The van der Waals surface area contributed by atoms with Crippen LogP contribution >= 0.6 is 0 Å². The zero-order chi connectivity index (χ0) is 18.9. The van der Waals surface area contributed by atoms with Crippen molar-refractivity contribution in [2.24, 2.45) is 5.41 Å². The molecule has 3 aromatic rings. The predicted molar refractivity (Wildman–Crippen MR) is 106 cm³/mol. The van der Waals surface area contributed by atoms with Gasteiger partial charge in [-0.15, -0.1) is 0 Å². The van der Waals surface area contributed by atoms with E-state index in [9.17, 15) is 8.42 Å². The quantitative estimate of drug-likeness (QED) is 0.655. The average Bonchev–Trinajstić information content (AvgIpc) is 2.94. The zero-order valence-corrected chi connectivity index (χ0v) is 16.6. The van der Waals surface area contributed by atoms with Crippen molar-refractivity contribution in [3.8, 4) is 0 Å². The van der Waals surface area contributed by atoms with Gasteiger partial charge in [0.25, 0.3) is 0 Å². The number of fused-ring (bicyclic) bond motifs is 1. The molecule has 1 aromatic heterocycles. The van der Waals surface area contributed by atoms with E-state index in [1.165, 1.54) is 0 Å². The zero-order valence-electron chi connectivity index (χ0n) is 15.8. The largest absolute Gasteiger partial charge is 0.310 e. The molecule has 0 amide bonds. The second-order valence-electron chi connectivity index (χ2n) is 8.08. The molecule has 138 valence electrons. The first kappa shape index (κ1) is 18.6. The van der Waals surface area contributed by atoms with Crippen molar-refractivity contribution in [3.63, 3.8) is 0 Å². The van der Waals surface area contributed by atoms with E-state index in [0.717, 1.165) is 11.1 Å². The molecule has 3 rings (SSSR count). The van der Waals surface area contributed by atoms with Crippen molar-refractivity contribution >= 4 is 20.9 Å². The maximum absolute atomic E-state index is 13.3. The third-order valence-electron chi connectivity index (χ3n) is 4.49. The molecule has 0 fully saturated rings. The molecule has 0 N–H and O–H groups in total. The van der Waals surface area contributed by atoms with Crippen LogP contribution in [0.1, 0.15) is 39.7 Å². The summed E-state index contributed by atoms with van der Waals surface area (Å²) in [6.07, 6.45) is 0.587. The van der Waals surface area contributed by atoms with Gasteiger partial charge in [0.05, 0.1) is 22.8 Å². The lowest BCUT2D eigenvalue weighted by atomic mass is 9.91. The summed E-state index contributed by atoms with van der Waals surface area (Å²) in [5.74, 6) is 0. The lowest BCUT2D eigenvalue weighted by molar-refractivity contribution is 0.370. The summed E-state index contributed by atoms with van der Waals surface area (Å²) in [7, 11) is -3.53. The van der Waals surface area contributed by atoms with Gasteiger partial charge in [0, 0.05) is 0 Å². The Balaban J connectivity index is 2.12. The number of sulfone groups is 1. The second kappa shape index (κ2) is 6.88. The number of aromatic nitrogens is 2. The van der Waals surface area contributed by atoms with Gasteiger partial charge in [-0.25, -0.2) is 13.4 Å². The first-order valence-electron chi connectivity index (χ1n) is 8.91. The molecule has 1 heterocycles. The summed E-state index contributed by atoms with van der Waals surface area (Å²) >= 11 is 0. The number of benzene rings is 2. The highest BCUT2D eigenvalue weighted by Crippen LogP contribution is 2.29. The maximum Gasteiger partial charge on any atom is 0.229 e. The Hall–Kier alpha value is -2.14. The molecule has 4 nitrogen and oxygen atoms in total. The molecular formula is C21H26N2O2S. The lowest BCUT2D eigenvalue weighted by Crippen LogP contribution is -2.26. The van der Waals surface area contributed by atoms with Crippen LogP contribution in [-0.4, -0.2) is 23.2 Å². The maximum atomic E-state index is 13.3. The van der Waals surface area contributed by atoms with Crippen LogP contribution in [0.15, 0.2) is 59.8 Å². The Kier molecular flexibility index (Phi) is 4.93. The van der Waals surface area contributed by atoms with Gasteiger partial charge in [0.15, 0.2) is 0 Å². The van der Waals surface area contributed by atoms with Crippen LogP contribution in [0.4, 0.5) is 0 Å². The van der Waals surface area contributed by atoms with E-state index in [2.05, 4.69) is 25.8 Å². The van der Waals surface area contributed by atoms with Gasteiger partial charge in [0.2, 0.25) is 15.0 Å². The van der Waals surface area contributed by atoms with E-state index < -0.39 is 15.1 Å². The first-order chi connectivity index (χ1) is 12.2. The van der Waals surface area contributed by atoms with E-state index in [1.807, 2.05) is 59.2 Å². The lowest BCUT2D eigenvalue weighted by Gasteiger charge is -2.23. The van der Waals surface area contributed by atoms with Crippen molar-refractivity contribution in [1.29, 1.82) is 0 Å². The monoisotopic (exact) mass is 370 g/mol. The molecule has 0 aliphatic carbocycles. The number of imidazole rings is 1. The smallest absolute Gasteiger partial charge is 0.229 e. The molecular weight excluding hydrogens is 344 g/mol. The Morgan fingerprint density at radius 2 is 1.62 bits per heavy atom. The number of rotatable bonds is 5. The molecule has 0 saturated heterocycles. The molecule has 1 atom stereocenters. The van der Waals surface area contributed by atoms with Gasteiger partial charge in [-0.05, 0) is 36.5 Å². The summed E-state index contributed by atoms with van der Waals surface area (Å²) in [5, 5.41) is -0.326. The van der Waals surface area contributed by atoms with Crippen molar-refractivity contribution in [1.82, 2.24) is 9.55 Å². The molecule has 0 bridgehead atoms. The van der Waals surface area contributed by atoms with Crippen LogP contribution in [0.3, 0.4) is 0 Å². The van der Waals surface area contributed by atoms with E-state index in [0.29, 0.717) is 18.5 Å².